The second-order valence-corrected chi connectivity index (χ2v) is 8.12. The van der Waals surface area contributed by atoms with Crippen molar-refractivity contribution in [1.29, 1.82) is 0 Å². The van der Waals surface area contributed by atoms with Gasteiger partial charge in [0.05, 0.1) is 11.7 Å². The monoisotopic (exact) mass is 472 g/mol. The first-order chi connectivity index (χ1) is 13.2. The number of ether oxygens (including phenoxy) is 2. The van der Waals surface area contributed by atoms with E-state index in [4.69, 9.17) is 9.47 Å². The summed E-state index contributed by atoms with van der Waals surface area (Å²) >= 11 is 2.22. The molecule has 27 heavy (non-hydrogen) atoms. The Morgan fingerprint density at radius 3 is 2.59 bits per heavy atom. The summed E-state index contributed by atoms with van der Waals surface area (Å²) in [5.41, 5.74) is 1.75. The van der Waals surface area contributed by atoms with E-state index in [1.165, 1.54) is 10.8 Å². The van der Waals surface area contributed by atoms with Crippen LogP contribution in [0.5, 0.6) is 0 Å². The molecule has 0 saturated carbocycles. The second-order valence-electron chi connectivity index (χ2n) is 6.87. The molecule has 3 aromatic rings. The van der Waals surface area contributed by atoms with E-state index < -0.39 is 0 Å². The first-order valence-corrected chi connectivity index (χ1v) is 10.3. The molecule has 138 valence electrons. The third-order valence-electron chi connectivity index (χ3n) is 5.09. The largest absolute Gasteiger partial charge is 0.461 e. The first-order valence-electron chi connectivity index (χ1n) is 9.24. The number of carbonyl (C=O) groups is 1. The lowest BCUT2D eigenvalue weighted by Gasteiger charge is -2.23. The summed E-state index contributed by atoms with van der Waals surface area (Å²) in [5, 5.41) is 2.41. The van der Waals surface area contributed by atoms with Crippen LogP contribution in [0.25, 0.3) is 10.8 Å². The van der Waals surface area contributed by atoms with Crippen molar-refractivity contribution in [3.8, 4) is 0 Å². The van der Waals surface area contributed by atoms with Crippen molar-refractivity contribution < 1.29 is 14.3 Å². The predicted octanol–water partition coefficient (Wildman–Crippen LogP) is 5.56. The number of carbonyl (C=O) groups excluding carboxylic acids is 1. The van der Waals surface area contributed by atoms with Crippen molar-refractivity contribution in [3.63, 3.8) is 0 Å². The highest BCUT2D eigenvalue weighted by molar-refractivity contribution is 14.1. The lowest BCUT2D eigenvalue weighted by molar-refractivity contribution is 0.0298. The Bertz CT molecular complexity index is 930. The molecule has 1 saturated heterocycles. The number of esters is 1. The molecule has 1 fully saturated rings. The smallest absolute Gasteiger partial charge is 0.338 e. The summed E-state index contributed by atoms with van der Waals surface area (Å²) in [4.78, 5) is 12.5. The van der Waals surface area contributed by atoms with Gasteiger partial charge in [-0.1, -0.05) is 42.5 Å². The number of rotatable bonds is 5. The van der Waals surface area contributed by atoms with E-state index in [0.717, 1.165) is 28.6 Å². The van der Waals surface area contributed by atoms with Crippen LogP contribution in [0.1, 0.15) is 34.7 Å². The molecule has 2 atom stereocenters. The topological polar surface area (TPSA) is 35.5 Å². The fraction of sp³-hybridized carbons (Fsp3) is 0.261. The van der Waals surface area contributed by atoms with Gasteiger partial charge in [-0.2, -0.15) is 0 Å². The number of benzene rings is 3. The molecule has 4 rings (SSSR count). The Hall–Kier alpha value is -1.92. The quantitative estimate of drug-likeness (QED) is 0.360. The summed E-state index contributed by atoms with van der Waals surface area (Å²) < 4.78 is 12.7. The Morgan fingerprint density at radius 1 is 1.07 bits per heavy atom. The van der Waals surface area contributed by atoms with Crippen molar-refractivity contribution in [3.05, 3.63) is 81.4 Å². The van der Waals surface area contributed by atoms with Crippen molar-refractivity contribution in [2.75, 3.05) is 13.2 Å². The van der Waals surface area contributed by atoms with Crippen LogP contribution in [-0.4, -0.2) is 25.3 Å². The maximum atomic E-state index is 12.5. The van der Waals surface area contributed by atoms with Crippen molar-refractivity contribution in [2.45, 2.75) is 24.9 Å². The second kappa shape index (κ2) is 8.40. The number of hydrogen-bond donors (Lipinski definition) is 0. The molecule has 1 aliphatic heterocycles. The van der Waals surface area contributed by atoms with Crippen LogP contribution in [0.15, 0.2) is 66.7 Å². The average molecular weight is 472 g/mol. The molecule has 4 heteroatoms. The van der Waals surface area contributed by atoms with Gasteiger partial charge in [0.25, 0.3) is 0 Å². The average Bonchev–Trinajstić information content (AvgIpc) is 3.23. The van der Waals surface area contributed by atoms with Gasteiger partial charge in [0.1, 0.15) is 6.61 Å². The molecule has 1 aliphatic rings. The minimum Gasteiger partial charge on any atom is -0.461 e. The third-order valence-corrected chi connectivity index (χ3v) is 5.81. The molecule has 0 amide bonds. The molecule has 0 spiro atoms. The summed E-state index contributed by atoms with van der Waals surface area (Å²) in [6.45, 7) is 1.10. The highest BCUT2D eigenvalue weighted by atomic mass is 127. The van der Waals surface area contributed by atoms with E-state index >= 15 is 0 Å². The minimum absolute atomic E-state index is 0.0462. The SMILES string of the molecule is O=C(OC[C@@H](c1ccc2ccccc2c1)[C@H]1CCCO1)c1ccc(I)cc1. The summed E-state index contributed by atoms with van der Waals surface area (Å²) in [5.74, 6) is -0.236. The van der Waals surface area contributed by atoms with Gasteiger partial charge in [0.15, 0.2) is 0 Å². The van der Waals surface area contributed by atoms with Crippen molar-refractivity contribution >= 4 is 39.3 Å². The molecule has 3 nitrogen and oxygen atoms in total. The lowest BCUT2D eigenvalue weighted by Crippen LogP contribution is -2.24. The maximum absolute atomic E-state index is 12.5. The first kappa shape index (κ1) is 18.4. The van der Waals surface area contributed by atoms with Crippen molar-refractivity contribution in [2.24, 2.45) is 0 Å². The van der Waals surface area contributed by atoms with Gasteiger partial charge in [0.2, 0.25) is 0 Å². The zero-order valence-electron chi connectivity index (χ0n) is 14.9. The van der Waals surface area contributed by atoms with E-state index in [1.807, 2.05) is 24.3 Å². The van der Waals surface area contributed by atoms with Crippen LogP contribution in [0.3, 0.4) is 0 Å². The molecule has 1 heterocycles. The Morgan fingerprint density at radius 2 is 1.85 bits per heavy atom. The third kappa shape index (κ3) is 4.33. The Kier molecular flexibility index (Phi) is 5.74. The van der Waals surface area contributed by atoms with Gasteiger partial charge in [-0.15, -0.1) is 0 Å². The fourth-order valence-corrected chi connectivity index (χ4v) is 3.97. The van der Waals surface area contributed by atoms with Gasteiger partial charge < -0.3 is 9.47 Å². The lowest BCUT2D eigenvalue weighted by atomic mass is 9.91. The van der Waals surface area contributed by atoms with Crippen LogP contribution in [-0.2, 0) is 9.47 Å². The normalized spacial score (nSPS) is 17.7. The van der Waals surface area contributed by atoms with Gasteiger partial charge in [-0.3, -0.25) is 0 Å². The van der Waals surface area contributed by atoms with Crippen LogP contribution in [0.2, 0.25) is 0 Å². The molecule has 0 bridgehead atoms. The highest BCUT2D eigenvalue weighted by Gasteiger charge is 2.29. The van der Waals surface area contributed by atoms with Gasteiger partial charge >= 0.3 is 5.97 Å². The molecule has 0 aromatic heterocycles. The van der Waals surface area contributed by atoms with Gasteiger partial charge in [0, 0.05) is 16.1 Å². The summed E-state index contributed by atoms with van der Waals surface area (Å²) in [6.07, 6.45) is 2.15. The molecule has 3 aromatic carbocycles. The molecular formula is C23H21IO3. The van der Waals surface area contributed by atoms with E-state index in [-0.39, 0.29) is 18.0 Å². The minimum atomic E-state index is -0.282. The van der Waals surface area contributed by atoms with E-state index in [1.54, 1.807) is 12.1 Å². The summed E-state index contributed by atoms with van der Waals surface area (Å²) in [6, 6.07) is 22.2. The Balaban J connectivity index is 1.55. The van der Waals surface area contributed by atoms with Crippen LogP contribution < -0.4 is 0 Å². The molecule has 0 radical (unpaired) electrons. The number of hydrogen-bond acceptors (Lipinski definition) is 3. The zero-order chi connectivity index (χ0) is 18.6. The van der Waals surface area contributed by atoms with Crippen LogP contribution in [0.4, 0.5) is 0 Å². The van der Waals surface area contributed by atoms with Crippen LogP contribution in [0, 0.1) is 3.57 Å². The Labute approximate surface area is 172 Å². The fourth-order valence-electron chi connectivity index (χ4n) is 3.61. The number of fused-ring (bicyclic) bond motifs is 1. The highest BCUT2D eigenvalue weighted by Crippen LogP contribution is 2.31. The molecular weight excluding hydrogens is 451 g/mol. The maximum Gasteiger partial charge on any atom is 0.338 e. The van der Waals surface area contributed by atoms with E-state index in [9.17, 15) is 4.79 Å². The van der Waals surface area contributed by atoms with Gasteiger partial charge in [-0.25, -0.2) is 4.79 Å². The predicted molar refractivity (Wildman–Crippen MR) is 115 cm³/mol. The molecule has 0 aliphatic carbocycles. The van der Waals surface area contributed by atoms with Crippen molar-refractivity contribution in [1.82, 2.24) is 0 Å². The molecule has 0 N–H and O–H groups in total. The van der Waals surface area contributed by atoms with Crippen LogP contribution >= 0.6 is 22.6 Å². The van der Waals surface area contributed by atoms with Gasteiger partial charge in [-0.05, 0) is 76.0 Å². The standard InChI is InChI=1S/C23H21IO3/c24-20-11-9-17(10-12-20)23(25)27-15-21(22-6-3-13-26-22)19-8-7-16-4-1-2-5-18(16)14-19/h1-2,4-5,7-12,14,21-22H,3,6,13,15H2/t21-,22+/m0/s1. The van der Waals surface area contributed by atoms with E-state index in [2.05, 4.69) is 52.9 Å². The zero-order valence-corrected chi connectivity index (χ0v) is 17.1. The molecule has 0 unspecified atom stereocenters. The summed E-state index contributed by atoms with van der Waals surface area (Å²) in [7, 11) is 0. The number of halogens is 1. The van der Waals surface area contributed by atoms with E-state index in [0.29, 0.717) is 12.2 Å².